The molecule has 0 fully saturated rings. The fourth-order valence-electron chi connectivity index (χ4n) is 2.66. The molecule has 0 unspecified atom stereocenters. The first-order chi connectivity index (χ1) is 12.1. The zero-order valence-electron chi connectivity index (χ0n) is 15.3. The molecule has 0 radical (unpaired) electrons. The second-order valence-corrected chi connectivity index (χ2v) is 6.78. The minimum Gasteiger partial charge on any atom is -0.362 e. The van der Waals surface area contributed by atoms with Gasteiger partial charge < -0.3 is 10.6 Å². The lowest BCUT2D eigenvalue weighted by molar-refractivity contribution is -0.384. The van der Waals surface area contributed by atoms with E-state index in [1.165, 1.54) is 69.9 Å². The number of non-ortho nitro benzene ring substituents is 1. The van der Waals surface area contributed by atoms with Gasteiger partial charge in [0.1, 0.15) is 0 Å². The van der Waals surface area contributed by atoms with Gasteiger partial charge in [0.05, 0.1) is 4.92 Å². The van der Waals surface area contributed by atoms with Crippen LogP contribution >= 0.6 is 12.2 Å². The Morgan fingerprint density at radius 1 is 0.960 bits per heavy atom. The Morgan fingerprint density at radius 2 is 1.48 bits per heavy atom. The number of rotatable bonds is 13. The van der Waals surface area contributed by atoms with Gasteiger partial charge in [-0.3, -0.25) is 10.1 Å². The maximum Gasteiger partial charge on any atom is 0.269 e. The molecule has 1 aromatic rings. The number of anilines is 1. The summed E-state index contributed by atoms with van der Waals surface area (Å²) in [5.41, 5.74) is 0.834. The van der Waals surface area contributed by atoms with Crippen molar-refractivity contribution in [2.45, 2.75) is 71.1 Å². The van der Waals surface area contributed by atoms with Crippen LogP contribution in [0.2, 0.25) is 0 Å². The van der Waals surface area contributed by atoms with Crippen LogP contribution in [0.5, 0.6) is 0 Å². The highest BCUT2D eigenvalue weighted by Gasteiger charge is 2.04. The molecule has 0 bridgehead atoms. The summed E-state index contributed by atoms with van der Waals surface area (Å²) in [5.74, 6) is 0. The van der Waals surface area contributed by atoms with E-state index in [1.54, 1.807) is 12.1 Å². The molecule has 0 saturated carbocycles. The predicted molar refractivity (Wildman–Crippen MR) is 109 cm³/mol. The average molecular weight is 366 g/mol. The number of hydrogen-bond donors (Lipinski definition) is 2. The summed E-state index contributed by atoms with van der Waals surface area (Å²) in [6.07, 6.45) is 13.2. The van der Waals surface area contributed by atoms with Crippen molar-refractivity contribution in [3.8, 4) is 0 Å². The monoisotopic (exact) mass is 365 g/mol. The van der Waals surface area contributed by atoms with E-state index in [9.17, 15) is 10.1 Å². The molecule has 0 aromatic heterocycles. The Morgan fingerprint density at radius 3 is 2.00 bits per heavy atom. The first-order valence-electron chi connectivity index (χ1n) is 9.42. The first-order valence-corrected chi connectivity index (χ1v) is 9.83. The molecule has 0 saturated heterocycles. The normalized spacial score (nSPS) is 10.4. The third-order valence-electron chi connectivity index (χ3n) is 4.15. The molecule has 0 spiro atoms. The third-order valence-corrected chi connectivity index (χ3v) is 4.40. The largest absolute Gasteiger partial charge is 0.362 e. The Hall–Kier alpha value is -1.69. The van der Waals surface area contributed by atoms with Gasteiger partial charge in [0.25, 0.3) is 5.69 Å². The van der Waals surface area contributed by atoms with Crippen LogP contribution in [-0.4, -0.2) is 16.6 Å². The van der Waals surface area contributed by atoms with Gasteiger partial charge in [-0.05, 0) is 30.8 Å². The summed E-state index contributed by atoms with van der Waals surface area (Å²) < 4.78 is 0. The van der Waals surface area contributed by atoms with Gasteiger partial charge in [0.15, 0.2) is 5.11 Å². The summed E-state index contributed by atoms with van der Waals surface area (Å²) in [7, 11) is 0. The van der Waals surface area contributed by atoms with Crippen molar-refractivity contribution in [3.63, 3.8) is 0 Å². The summed E-state index contributed by atoms with van der Waals surface area (Å²) in [6, 6.07) is 6.25. The second-order valence-electron chi connectivity index (χ2n) is 6.37. The van der Waals surface area contributed by atoms with Gasteiger partial charge >= 0.3 is 0 Å². The lowest BCUT2D eigenvalue weighted by Crippen LogP contribution is -2.29. The number of benzene rings is 1. The second kappa shape index (κ2) is 13.6. The van der Waals surface area contributed by atoms with E-state index in [4.69, 9.17) is 12.2 Å². The maximum absolute atomic E-state index is 10.6. The van der Waals surface area contributed by atoms with E-state index >= 15 is 0 Å². The molecule has 1 rings (SSSR count). The van der Waals surface area contributed by atoms with Gasteiger partial charge in [0, 0.05) is 24.4 Å². The molecule has 0 aliphatic carbocycles. The van der Waals surface area contributed by atoms with Gasteiger partial charge in [-0.1, -0.05) is 64.7 Å². The molecular weight excluding hydrogens is 334 g/mol. The zero-order chi connectivity index (χ0) is 18.3. The van der Waals surface area contributed by atoms with Crippen LogP contribution in [-0.2, 0) is 0 Å². The lowest BCUT2D eigenvalue weighted by atomic mass is 10.1. The topological polar surface area (TPSA) is 67.2 Å². The quantitative estimate of drug-likeness (QED) is 0.200. The van der Waals surface area contributed by atoms with Crippen LogP contribution in [0.4, 0.5) is 11.4 Å². The van der Waals surface area contributed by atoms with E-state index in [0.717, 1.165) is 18.7 Å². The van der Waals surface area contributed by atoms with E-state index in [1.807, 2.05) is 0 Å². The molecular formula is C19H31N3O2S. The summed E-state index contributed by atoms with van der Waals surface area (Å²) in [5, 5.41) is 17.4. The summed E-state index contributed by atoms with van der Waals surface area (Å²) in [6.45, 7) is 3.11. The highest BCUT2D eigenvalue weighted by atomic mass is 32.1. The van der Waals surface area contributed by atoms with E-state index in [-0.39, 0.29) is 5.69 Å². The number of nitrogens with one attached hydrogen (secondary N) is 2. The molecule has 25 heavy (non-hydrogen) atoms. The molecule has 1 aromatic carbocycles. The molecule has 2 N–H and O–H groups in total. The van der Waals surface area contributed by atoms with Crippen molar-refractivity contribution < 1.29 is 4.92 Å². The number of thiocarbonyl (C=S) groups is 1. The van der Waals surface area contributed by atoms with Crippen LogP contribution in [0.25, 0.3) is 0 Å². The Bertz CT molecular complexity index is 506. The molecule has 0 aliphatic rings. The Labute approximate surface area is 156 Å². The highest BCUT2D eigenvalue weighted by Crippen LogP contribution is 2.15. The number of nitrogens with zero attached hydrogens (tertiary/aromatic N) is 1. The standard InChI is InChI=1S/C19H31N3O2S/c1-2-3-4-5-6-7-8-9-10-11-16-20-19(25)21-17-12-14-18(15-13-17)22(23)24/h12-15H,2-11,16H2,1H3,(H2,20,21,25). The maximum atomic E-state index is 10.6. The van der Waals surface area contributed by atoms with Crippen LogP contribution < -0.4 is 10.6 Å². The fourth-order valence-corrected chi connectivity index (χ4v) is 2.88. The van der Waals surface area contributed by atoms with Crippen molar-refractivity contribution >= 4 is 28.7 Å². The van der Waals surface area contributed by atoms with Crippen LogP contribution in [0.15, 0.2) is 24.3 Å². The lowest BCUT2D eigenvalue weighted by Gasteiger charge is -2.10. The Balaban J connectivity index is 1.99. The van der Waals surface area contributed by atoms with E-state index in [0.29, 0.717) is 5.11 Å². The Kier molecular flexibility index (Phi) is 11.6. The molecule has 6 heteroatoms. The van der Waals surface area contributed by atoms with Crippen molar-refractivity contribution in [2.24, 2.45) is 0 Å². The van der Waals surface area contributed by atoms with Crippen molar-refractivity contribution in [1.29, 1.82) is 0 Å². The minimum atomic E-state index is -0.411. The molecule has 0 amide bonds. The number of nitro benzene ring substituents is 1. The molecule has 0 heterocycles. The fraction of sp³-hybridized carbons (Fsp3) is 0.632. The summed E-state index contributed by atoms with van der Waals surface area (Å²) >= 11 is 5.23. The van der Waals surface area contributed by atoms with Crippen molar-refractivity contribution in [2.75, 3.05) is 11.9 Å². The predicted octanol–water partition coefficient (Wildman–Crippen LogP) is 5.80. The molecule has 0 aliphatic heterocycles. The number of unbranched alkanes of at least 4 members (excludes halogenated alkanes) is 9. The zero-order valence-corrected chi connectivity index (χ0v) is 16.1. The SMILES string of the molecule is CCCCCCCCCCCCNC(=S)Nc1ccc([N+](=O)[O-])cc1. The molecule has 5 nitrogen and oxygen atoms in total. The highest BCUT2D eigenvalue weighted by molar-refractivity contribution is 7.80. The van der Waals surface area contributed by atoms with Crippen molar-refractivity contribution in [3.05, 3.63) is 34.4 Å². The van der Waals surface area contributed by atoms with Gasteiger partial charge in [-0.15, -0.1) is 0 Å². The summed E-state index contributed by atoms with van der Waals surface area (Å²) in [4.78, 5) is 10.2. The van der Waals surface area contributed by atoms with Gasteiger partial charge in [-0.25, -0.2) is 0 Å². The first kappa shape index (κ1) is 21.4. The van der Waals surface area contributed by atoms with E-state index in [2.05, 4.69) is 17.6 Å². The number of nitro groups is 1. The average Bonchev–Trinajstić information content (AvgIpc) is 2.60. The van der Waals surface area contributed by atoms with Crippen molar-refractivity contribution in [1.82, 2.24) is 5.32 Å². The smallest absolute Gasteiger partial charge is 0.269 e. The van der Waals surface area contributed by atoms with E-state index < -0.39 is 4.92 Å². The number of hydrogen-bond acceptors (Lipinski definition) is 3. The minimum absolute atomic E-state index is 0.0785. The van der Waals surface area contributed by atoms with Gasteiger partial charge in [-0.2, -0.15) is 0 Å². The molecule has 0 atom stereocenters. The van der Waals surface area contributed by atoms with Crippen LogP contribution in [0, 0.1) is 10.1 Å². The third kappa shape index (κ3) is 10.7. The van der Waals surface area contributed by atoms with Gasteiger partial charge in [0.2, 0.25) is 0 Å². The molecule has 140 valence electrons. The van der Waals surface area contributed by atoms with Crippen LogP contribution in [0.1, 0.15) is 71.1 Å². The van der Waals surface area contributed by atoms with Crippen LogP contribution in [0.3, 0.4) is 0 Å².